The fourth-order valence-corrected chi connectivity index (χ4v) is 3.48. The van der Waals surface area contributed by atoms with Crippen molar-refractivity contribution < 1.29 is 5.11 Å². The molecule has 3 atom stereocenters. The van der Waals surface area contributed by atoms with Crippen LogP contribution in [0.2, 0.25) is 0 Å². The topological polar surface area (TPSA) is 54.2 Å². The van der Waals surface area contributed by atoms with Crippen molar-refractivity contribution in [2.24, 2.45) is 11.8 Å². The molecule has 2 aliphatic rings. The number of hydrogen-bond acceptors (Lipinski definition) is 4. The Kier molecular flexibility index (Phi) is 3.11. The van der Waals surface area contributed by atoms with E-state index in [1.807, 2.05) is 4.68 Å². The quantitative estimate of drug-likeness (QED) is 0.871. The van der Waals surface area contributed by atoms with Gasteiger partial charge in [-0.15, -0.1) is 0 Å². The number of hydrogen-bond donors (Lipinski definition) is 1. The molecule has 0 radical (unpaired) electrons. The molecular formula is C13H22N4O. The molecule has 1 aromatic rings. The minimum Gasteiger partial charge on any atom is -0.393 e. The molecule has 5 heteroatoms. The second-order valence-electron chi connectivity index (χ2n) is 5.98. The summed E-state index contributed by atoms with van der Waals surface area (Å²) in [6, 6.07) is 0.357. The Morgan fingerprint density at radius 2 is 2.22 bits per heavy atom. The standard InChI is InChI=1S/C13H22N4O/c1-9(2)17-13(14-8-15-17)7-16-5-10-3-4-12(18)11(10)6-16/h8-12,18H,3-7H2,1-2H3. The Labute approximate surface area is 108 Å². The molecule has 0 amide bonds. The molecule has 0 aromatic carbocycles. The van der Waals surface area contributed by atoms with Gasteiger partial charge in [0.2, 0.25) is 0 Å². The predicted octanol–water partition coefficient (Wildman–Crippen LogP) is 1.06. The highest BCUT2D eigenvalue weighted by Gasteiger charge is 2.41. The van der Waals surface area contributed by atoms with E-state index >= 15 is 0 Å². The van der Waals surface area contributed by atoms with E-state index in [4.69, 9.17) is 0 Å². The zero-order chi connectivity index (χ0) is 12.7. The predicted molar refractivity (Wildman–Crippen MR) is 67.9 cm³/mol. The van der Waals surface area contributed by atoms with Gasteiger partial charge in [-0.2, -0.15) is 5.10 Å². The van der Waals surface area contributed by atoms with Crippen LogP contribution in [0.15, 0.2) is 6.33 Å². The first kappa shape index (κ1) is 12.1. The summed E-state index contributed by atoms with van der Waals surface area (Å²) in [5, 5.41) is 14.2. The molecule has 1 aromatic heterocycles. The van der Waals surface area contributed by atoms with Crippen LogP contribution in [0.1, 0.15) is 38.6 Å². The van der Waals surface area contributed by atoms with Gasteiger partial charge in [0.05, 0.1) is 12.6 Å². The lowest BCUT2D eigenvalue weighted by molar-refractivity contribution is 0.123. The molecule has 5 nitrogen and oxygen atoms in total. The molecule has 1 N–H and O–H groups in total. The van der Waals surface area contributed by atoms with Crippen molar-refractivity contribution in [1.82, 2.24) is 19.7 Å². The lowest BCUT2D eigenvalue weighted by atomic mass is 10.00. The van der Waals surface area contributed by atoms with Gasteiger partial charge in [-0.3, -0.25) is 4.90 Å². The van der Waals surface area contributed by atoms with Crippen molar-refractivity contribution in [1.29, 1.82) is 0 Å². The van der Waals surface area contributed by atoms with Crippen molar-refractivity contribution in [3.8, 4) is 0 Å². The largest absolute Gasteiger partial charge is 0.393 e. The van der Waals surface area contributed by atoms with E-state index in [-0.39, 0.29) is 6.10 Å². The minimum atomic E-state index is -0.0806. The van der Waals surface area contributed by atoms with Crippen LogP contribution in [0.3, 0.4) is 0 Å². The molecule has 100 valence electrons. The van der Waals surface area contributed by atoms with Gasteiger partial charge in [0, 0.05) is 25.0 Å². The molecule has 1 saturated heterocycles. The van der Waals surface area contributed by atoms with E-state index in [0.29, 0.717) is 17.9 Å². The highest BCUT2D eigenvalue weighted by molar-refractivity contribution is 4.96. The third-order valence-electron chi connectivity index (χ3n) is 4.40. The number of rotatable bonds is 3. The van der Waals surface area contributed by atoms with Crippen LogP contribution in [0.4, 0.5) is 0 Å². The average molecular weight is 250 g/mol. The van der Waals surface area contributed by atoms with Crippen LogP contribution in [-0.4, -0.2) is 44.0 Å². The molecular weight excluding hydrogens is 228 g/mol. The Hall–Kier alpha value is -0.940. The lowest BCUT2D eigenvalue weighted by Gasteiger charge is -2.18. The third-order valence-corrected chi connectivity index (χ3v) is 4.40. The summed E-state index contributed by atoms with van der Waals surface area (Å²) in [7, 11) is 0. The molecule has 1 aliphatic carbocycles. The summed E-state index contributed by atoms with van der Waals surface area (Å²) in [5.74, 6) is 2.22. The fraction of sp³-hybridized carbons (Fsp3) is 0.846. The van der Waals surface area contributed by atoms with E-state index in [1.54, 1.807) is 6.33 Å². The summed E-state index contributed by atoms with van der Waals surface area (Å²) in [6.07, 6.45) is 3.73. The third kappa shape index (κ3) is 2.06. The molecule has 18 heavy (non-hydrogen) atoms. The van der Waals surface area contributed by atoms with Crippen molar-refractivity contribution >= 4 is 0 Å². The number of aliphatic hydroxyl groups is 1. The maximum Gasteiger partial charge on any atom is 0.141 e. The Balaban J connectivity index is 1.66. The van der Waals surface area contributed by atoms with Gasteiger partial charge in [0.1, 0.15) is 12.2 Å². The Morgan fingerprint density at radius 3 is 2.94 bits per heavy atom. The maximum atomic E-state index is 9.93. The SMILES string of the molecule is CC(C)n1ncnc1CN1CC2CCC(O)C2C1. The first-order chi connectivity index (χ1) is 8.65. The lowest BCUT2D eigenvalue weighted by Crippen LogP contribution is -2.26. The Bertz CT molecular complexity index is 417. The van der Waals surface area contributed by atoms with E-state index < -0.39 is 0 Å². The van der Waals surface area contributed by atoms with Gasteiger partial charge >= 0.3 is 0 Å². The second kappa shape index (κ2) is 4.63. The first-order valence-corrected chi connectivity index (χ1v) is 6.94. The monoisotopic (exact) mass is 250 g/mol. The van der Waals surface area contributed by atoms with E-state index in [2.05, 4.69) is 28.8 Å². The van der Waals surface area contributed by atoms with Crippen LogP contribution in [0.25, 0.3) is 0 Å². The van der Waals surface area contributed by atoms with Gasteiger partial charge in [-0.05, 0) is 32.6 Å². The zero-order valence-electron chi connectivity index (χ0n) is 11.2. The van der Waals surface area contributed by atoms with Gasteiger partial charge < -0.3 is 5.11 Å². The summed E-state index contributed by atoms with van der Waals surface area (Å²) in [5.41, 5.74) is 0. The van der Waals surface area contributed by atoms with Crippen LogP contribution in [0.5, 0.6) is 0 Å². The van der Waals surface area contributed by atoms with E-state index in [1.165, 1.54) is 6.42 Å². The van der Waals surface area contributed by atoms with Crippen LogP contribution in [-0.2, 0) is 6.54 Å². The van der Waals surface area contributed by atoms with Gasteiger partial charge in [-0.1, -0.05) is 0 Å². The molecule has 2 heterocycles. The summed E-state index contributed by atoms with van der Waals surface area (Å²) < 4.78 is 1.99. The zero-order valence-corrected chi connectivity index (χ0v) is 11.2. The number of fused-ring (bicyclic) bond motifs is 1. The van der Waals surface area contributed by atoms with Crippen molar-refractivity contribution in [2.75, 3.05) is 13.1 Å². The summed E-state index contributed by atoms with van der Waals surface area (Å²) in [4.78, 5) is 6.78. The van der Waals surface area contributed by atoms with Gasteiger partial charge in [-0.25, -0.2) is 9.67 Å². The normalized spacial score (nSPS) is 32.3. The van der Waals surface area contributed by atoms with Gasteiger partial charge in [0.15, 0.2) is 0 Å². The minimum absolute atomic E-state index is 0.0806. The Morgan fingerprint density at radius 1 is 1.39 bits per heavy atom. The van der Waals surface area contributed by atoms with Crippen molar-refractivity contribution in [3.05, 3.63) is 12.2 Å². The fourth-order valence-electron chi connectivity index (χ4n) is 3.48. The summed E-state index contributed by atoms with van der Waals surface area (Å²) >= 11 is 0. The van der Waals surface area contributed by atoms with Crippen LogP contribution >= 0.6 is 0 Å². The van der Waals surface area contributed by atoms with Gasteiger partial charge in [0.25, 0.3) is 0 Å². The average Bonchev–Trinajstić information content (AvgIpc) is 2.98. The highest BCUT2D eigenvalue weighted by Crippen LogP contribution is 2.38. The summed E-state index contributed by atoms with van der Waals surface area (Å²) in [6.45, 7) is 7.22. The molecule has 1 aliphatic heterocycles. The van der Waals surface area contributed by atoms with Crippen molar-refractivity contribution in [3.63, 3.8) is 0 Å². The van der Waals surface area contributed by atoms with Crippen LogP contribution < -0.4 is 0 Å². The molecule has 0 spiro atoms. The van der Waals surface area contributed by atoms with E-state index in [0.717, 1.165) is 31.9 Å². The molecule has 2 fully saturated rings. The maximum absolute atomic E-state index is 9.93. The molecule has 0 bridgehead atoms. The second-order valence-corrected chi connectivity index (χ2v) is 5.98. The molecule has 3 unspecified atom stereocenters. The highest BCUT2D eigenvalue weighted by atomic mass is 16.3. The van der Waals surface area contributed by atoms with E-state index in [9.17, 15) is 5.11 Å². The smallest absolute Gasteiger partial charge is 0.141 e. The molecule has 3 rings (SSSR count). The molecule has 1 saturated carbocycles. The van der Waals surface area contributed by atoms with Crippen LogP contribution in [0, 0.1) is 11.8 Å². The van der Waals surface area contributed by atoms with Crippen molar-refractivity contribution in [2.45, 2.75) is 45.4 Å². The number of likely N-dealkylation sites (tertiary alicyclic amines) is 1. The number of aliphatic hydroxyl groups excluding tert-OH is 1. The first-order valence-electron chi connectivity index (χ1n) is 6.94. The number of aromatic nitrogens is 3. The number of nitrogens with zero attached hydrogens (tertiary/aromatic N) is 4.